The zero-order valence-electron chi connectivity index (χ0n) is 12.6. The molecule has 0 saturated heterocycles. The molecule has 0 heterocycles. The minimum Gasteiger partial charge on any atom is -0.494 e. The summed E-state index contributed by atoms with van der Waals surface area (Å²) >= 11 is 0. The van der Waals surface area contributed by atoms with Crippen molar-refractivity contribution < 1.29 is 14.6 Å². The lowest BCUT2D eigenvalue weighted by Gasteiger charge is -2.13. The molecule has 1 aromatic rings. The van der Waals surface area contributed by atoms with Crippen LogP contribution in [0.15, 0.2) is 24.3 Å². The molecule has 0 bridgehead atoms. The van der Waals surface area contributed by atoms with Crippen molar-refractivity contribution in [2.75, 3.05) is 6.61 Å². The molecule has 1 atom stereocenters. The molecule has 0 fully saturated rings. The van der Waals surface area contributed by atoms with Crippen LogP contribution in [0.5, 0.6) is 5.75 Å². The Hall–Kier alpha value is -1.51. The van der Waals surface area contributed by atoms with Gasteiger partial charge in [0.1, 0.15) is 5.75 Å². The van der Waals surface area contributed by atoms with Gasteiger partial charge < -0.3 is 9.84 Å². The third-order valence-corrected chi connectivity index (χ3v) is 3.53. The van der Waals surface area contributed by atoms with Crippen LogP contribution in [0.1, 0.15) is 63.9 Å². The summed E-state index contributed by atoms with van der Waals surface area (Å²) in [4.78, 5) is 10.8. The smallest absolute Gasteiger partial charge is 0.303 e. The number of hydrogen-bond acceptors (Lipinski definition) is 2. The highest BCUT2D eigenvalue weighted by Crippen LogP contribution is 2.25. The molecule has 0 radical (unpaired) electrons. The second kappa shape index (κ2) is 9.40. The van der Waals surface area contributed by atoms with E-state index >= 15 is 0 Å². The van der Waals surface area contributed by atoms with Crippen molar-refractivity contribution in [3.8, 4) is 5.75 Å². The number of carboxylic acids is 1. The maximum atomic E-state index is 10.8. The molecule has 112 valence electrons. The molecule has 0 spiro atoms. The highest BCUT2D eigenvalue weighted by atomic mass is 16.5. The molecular formula is C17H26O3. The van der Waals surface area contributed by atoms with E-state index < -0.39 is 5.97 Å². The van der Waals surface area contributed by atoms with E-state index in [4.69, 9.17) is 9.84 Å². The molecule has 3 heteroatoms. The van der Waals surface area contributed by atoms with Gasteiger partial charge >= 0.3 is 5.97 Å². The van der Waals surface area contributed by atoms with E-state index in [1.54, 1.807) is 0 Å². The van der Waals surface area contributed by atoms with Gasteiger partial charge in [0, 0.05) is 0 Å². The van der Waals surface area contributed by atoms with Crippen LogP contribution in [-0.4, -0.2) is 17.7 Å². The number of rotatable bonds is 10. The van der Waals surface area contributed by atoms with Crippen LogP contribution < -0.4 is 4.74 Å². The molecule has 1 rings (SSSR count). The fraction of sp³-hybridized carbons (Fsp3) is 0.588. The van der Waals surface area contributed by atoms with E-state index in [2.05, 4.69) is 6.92 Å². The minimum atomic E-state index is -0.742. The number of aliphatic carboxylic acids is 1. The quantitative estimate of drug-likeness (QED) is 0.635. The van der Waals surface area contributed by atoms with E-state index in [1.165, 1.54) is 19.3 Å². The fourth-order valence-electron chi connectivity index (χ4n) is 2.26. The first-order valence-corrected chi connectivity index (χ1v) is 7.61. The average molecular weight is 278 g/mol. The Morgan fingerprint density at radius 1 is 1.15 bits per heavy atom. The highest BCUT2D eigenvalue weighted by molar-refractivity contribution is 5.68. The van der Waals surface area contributed by atoms with Crippen molar-refractivity contribution in [3.05, 3.63) is 29.8 Å². The molecule has 0 saturated carbocycles. The summed E-state index contributed by atoms with van der Waals surface area (Å²) in [6.45, 7) is 4.97. The Morgan fingerprint density at radius 3 is 2.40 bits per heavy atom. The molecule has 0 aliphatic heterocycles. The molecular weight excluding hydrogens is 252 g/mol. The lowest BCUT2D eigenvalue weighted by Crippen LogP contribution is -2.05. The molecule has 1 unspecified atom stereocenters. The van der Waals surface area contributed by atoms with Crippen molar-refractivity contribution in [1.82, 2.24) is 0 Å². The van der Waals surface area contributed by atoms with Crippen LogP contribution in [0.3, 0.4) is 0 Å². The van der Waals surface area contributed by atoms with Crippen molar-refractivity contribution in [3.63, 3.8) is 0 Å². The zero-order chi connectivity index (χ0) is 14.8. The van der Waals surface area contributed by atoms with Gasteiger partial charge in [0.2, 0.25) is 0 Å². The van der Waals surface area contributed by atoms with Gasteiger partial charge in [0.25, 0.3) is 0 Å². The monoisotopic (exact) mass is 278 g/mol. The summed E-state index contributed by atoms with van der Waals surface area (Å²) in [5, 5.41) is 8.89. The van der Waals surface area contributed by atoms with Crippen LogP contribution >= 0.6 is 0 Å². The van der Waals surface area contributed by atoms with Crippen LogP contribution in [-0.2, 0) is 4.79 Å². The number of carboxylic acid groups (broad SMARTS) is 1. The van der Waals surface area contributed by atoms with Crippen molar-refractivity contribution in [1.29, 1.82) is 0 Å². The second-order valence-corrected chi connectivity index (χ2v) is 5.18. The maximum Gasteiger partial charge on any atom is 0.303 e. The maximum absolute atomic E-state index is 10.8. The molecule has 0 amide bonds. The van der Waals surface area contributed by atoms with E-state index in [9.17, 15) is 4.79 Å². The first-order chi connectivity index (χ1) is 9.67. The van der Waals surface area contributed by atoms with E-state index in [-0.39, 0.29) is 12.3 Å². The molecule has 3 nitrogen and oxygen atoms in total. The van der Waals surface area contributed by atoms with Gasteiger partial charge in [0.15, 0.2) is 0 Å². The number of ether oxygens (including phenoxy) is 1. The van der Waals surface area contributed by atoms with Crippen LogP contribution in [0.25, 0.3) is 0 Å². The lowest BCUT2D eigenvalue weighted by atomic mass is 9.93. The standard InChI is InChI=1S/C17H26O3/c1-3-5-6-7-12-20-16-10-8-15(9-11-16)14(4-2)13-17(18)19/h8-11,14H,3-7,12-13H2,1-2H3,(H,18,19). The predicted molar refractivity (Wildman–Crippen MR) is 81.4 cm³/mol. The summed E-state index contributed by atoms with van der Waals surface area (Å²) in [5.41, 5.74) is 1.08. The normalized spacial score (nSPS) is 12.1. The number of unbranched alkanes of at least 4 members (excludes halogenated alkanes) is 3. The average Bonchev–Trinajstić information content (AvgIpc) is 2.45. The Kier molecular flexibility index (Phi) is 7.78. The predicted octanol–water partition coefficient (Wildman–Crippen LogP) is 4.61. The first kappa shape index (κ1) is 16.5. The SMILES string of the molecule is CCCCCCOc1ccc(C(CC)CC(=O)O)cc1. The molecule has 20 heavy (non-hydrogen) atoms. The Balaban J connectivity index is 2.44. The van der Waals surface area contributed by atoms with Gasteiger partial charge in [-0.05, 0) is 36.5 Å². The van der Waals surface area contributed by atoms with Crippen molar-refractivity contribution in [2.24, 2.45) is 0 Å². The third kappa shape index (κ3) is 6.09. The van der Waals surface area contributed by atoms with E-state index in [0.29, 0.717) is 0 Å². The van der Waals surface area contributed by atoms with E-state index in [0.717, 1.165) is 30.8 Å². The number of carbonyl (C=O) groups is 1. The topological polar surface area (TPSA) is 46.5 Å². The Labute approximate surface area is 122 Å². The molecule has 1 aromatic carbocycles. The summed E-state index contributed by atoms with van der Waals surface area (Å²) in [6.07, 6.45) is 5.82. The second-order valence-electron chi connectivity index (χ2n) is 5.18. The van der Waals surface area contributed by atoms with Crippen molar-refractivity contribution in [2.45, 2.75) is 58.3 Å². The molecule has 0 aliphatic rings. The van der Waals surface area contributed by atoms with Gasteiger partial charge in [-0.15, -0.1) is 0 Å². The summed E-state index contributed by atoms with van der Waals surface area (Å²) in [6, 6.07) is 7.86. The number of benzene rings is 1. The zero-order valence-corrected chi connectivity index (χ0v) is 12.6. The van der Waals surface area contributed by atoms with Crippen LogP contribution in [0.2, 0.25) is 0 Å². The largest absolute Gasteiger partial charge is 0.494 e. The summed E-state index contributed by atoms with van der Waals surface area (Å²) < 4.78 is 5.69. The lowest BCUT2D eigenvalue weighted by molar-refractivity contribution is -0.137. The Bertz CT molecular complexity index is 384. The Morgan fingerprint density at radius 2 is 1.85 bits per heavy atom. The van der Waals surface area contributed by atoms with Gasteiger partial charge in [-0.2, -0.15) is 0 Å². The molecule has 0 aliphatic carbocycles. The van der Waals surface area contributed by atoms with Gasteiger partial charge in [-0.1, -0.05) is 45.2 Å². The summed E-state index contributed by atoms with van der Waals surface area (Å²) in [7, 11) is 0. The highest BCUT2D eigenvalue weighted by Gasteiger charge is 2.13. The van der Waals surface area contributed by atoms with Gasteiger partial charge in [0.05, 0.1) is 13.0 Å². The van der Waals surface area contributed by atoms with Gasteiger partial charge in [-0.25, -0.2) is 0 Å². The van der Waals surface area contributed by atoms with E-state index in [1.807, 2.05) is 31.2 Å². The minimum absolute atomic E-state index is 0.0890. The van der Waals surface area contributed by atoms with Crippen LogP contribution in [0.4, 0.5) is 0 Å². The van der Waals surface area contributed by atoms with Gasteiger partial charge in [-0.3, -0.25) is 4.79 Å². The molecule has 1 N–H and O–H groups in total. The fourth-order valence-corrected chi connectivity index (χ4v) is 2.26. The first-order valence-electron chi connectivity index (χ1n) is 7.61. The van der Waals surface area contributed by atoms with Crippen LogP contribution in [0, 0.1) is 0 Å². The molecule has 0 aromatic heterocycles. The number of hydrogen-bond donors (Lipinski definition) is 1. The summed E-state index contributed by atoms with van der Waals surface area (Å²) in [5.74, 6) is 0.217. The third-order valence-electron chi connectivity index (χ3n) is 3.53. The van der Waals surface area contributed by atoms with Crippen molar-refractivity contribution >= 4 is 5.97 Å².